The van der Waals surface area contributed by atoms with Crippen molar-refractivity contribution < 1.29 is 4.74 Å². The van der Waals surface area contributed by atoms with Crippen molar-refractivity contribution in [3.05, 3.63) is 35.4 Å². The van der Waals surface area contributed by atoms with Gasteiger partial charge in [-0.25, -0.2) is 0 Å². The lowest BCUT2D eigenvalue weighted by Gasteiger charge is -2.34. The van der Waals surface area contributed by atoms with Crippen LogP contribution in [0.1, 0.15) is 30.9 Å². The van der Waals surface area contributed by atoms with E-state index in [1.807, 2.05) is 7.05 Å². The van der Waals surface area contributed by atoms with Crippen LogP contribution in [0.5, 0.6) is 0 Å². The Kier molecular flexibility index (Phi) is 8.77. The molecule has 2 aliphatic rings. The highest BCUT2D eigenvalue weighted by Crippen LogP contribution is 2.28. The molecule has 1 N–H and O–H groups in total. The molecule has 1 saturated carbocycles. The Morgan fingerprint density at radius 3 is 2.48 bits per heavy atom. The zero-order valence-corrected chi connectivity index (χ0v) is 18.6. The van der Waals surface area contributed by atoms with Gasteiger partial charge in [0.2, 0.25) is 0 Å². The zero-order valence-electron chi connectivity index (χ0n) is 18.6. The molecule has 0 aromatic heterocycles. The maximum absolute atomic E-state index is 5.77. The molecule has 0 amide bonds. The van der Waals surface area contributed by atoms with E-state index in [-0.39, 0.29) is 0 Å². The van der Waals surface area contributed by atoms with Crippen LogP contribution in [0.2, 0.25) is 0 Å². The number of rotatable bonds is 10. The summed E-state index contributed by atoms with van der Waals surface area (Å²) in [5.74, 6) is 1.74. The van der Waals surface area contributed by atoms with Gasteiger partial charge in [-0.2, -0.15) is 0 Å². The van der Waals surface area contributed by atoms with Gasteiger partial charge in [0.25, 0.3) is 0 Å². The van der Waals surface area contributed by atoms with Crippen molar-refractivity contribution in [3.63, 3.8) is 0 Å². The van der Waals surface area contributed by atoms with E-state index in [4.69, 9.17) is 4.74 Å². The van der Waals surface area contributed by atoms with Crippen LogP contribution in [-0.2, 0) is 17.8 Å². The Morgan fingerprint density at radius 1 is 1.14 bits per heavy atom. The van der Waals surface area contributed by atoms with Gasteiger partial charge in [0.1, 0.15) is 0 Å². The number of likely N-dealkylation sites (N-methyl/N-ethyl adjacent to an activating group) is 2. The lowest BCUT2D eigenvalue weighted by molar-refractivity contribution is 0.115. The van der Waals surface area contributed by atoms with Crippen molar-refractivity contribution in [1.29, 1.82) is 0 Å². The molecule has 162 valence electrons. The summed E-state index contributed by atoms with van der Waals surface area (Å²) in [6.07, 6.45) is 2.68. The van der Waals surface area contributed by atoms with Crippen molar-refractivity contribution >= 4 is 5.96 Å². The molecule has 6 nitrogen and oxygen atoms in total. The molecular weight excluding hydrogens is 362 g/mol. The smallest absolute Gasteiger partial charge is 0.193 e. The number of guanidine groups is 1. The zero-order chi connectivity index (χ0) is 20.5. The standard InChI is InChI=1S/C23H39N5O/c1-4-27-11-13-28(14-12-27)18-22-8-6-5-7-21(22)17-25-23(24-2)26(3)15-16-29-19-20-9-10-20/h5-8,20H,4,9-19H2,1-3H3,(H,24,25). The molecule has 1 aromatic rings. The molecule has 0 atom stereocenters. The fraction of sp³-hybridized carbons (Fsp3) is 0.696. The third kappa shape index (κ3) is 7.28. The SMILES string of the molecule is CCN1CCN(Cc2ccccc2CNC(=NC)N(C)CCOCC2CC2)CC1. The third-order valence-corrected chi connectivity index (χ3v) is 6.06. The monoisotopic (exact) mass is 401 g/mol. The van der Waals surface area contributed by atoms with Crippen molar-refractivity contribution in [2.75, 3.05) is 66.6 Å². The van der Waals surface area contributed by atoms with Crippen LogP contribution >= 0.6 is 0 Å². The van der Waals surface area contributed by atoms with Crippen LogP contribution in [0.15, 0.2) is 29.3 Å². The molecule has 3 rings (SSSR count). The van der Waals surface area contributed by atoms with Gasteiger partial charge >= 0.3 is 0 Å². The summed E-state index contributed by atoms with van der Waals surface area (Å²) < 4.78 is 5.77. The van der Waals surface area contributed by atoms with Crippen molar-refractivity contribution in [1.82, 2.24) is 20.0 Å². The molecule has 0 bridgehead atoms. The Bertz CT molecular complexity index is 638. The van der Waals surface area contributed by atoms with Gasteiger partial charge in [-0.15, -0.1) is 0 Å². The van der Waals surface area contributed by atoms with E-state index in [9.17, 15) is 0 Å². The Balaban J connectivity index is 1.46. The number of nitrogens with zero attached hydrogens (tertiary/aromatic N) is 4. The van der Waals surface area contributed by atoms with Crippen molar-refractivity contribution in [3.8, 4) is 0 Å². The highest BCUT2D eigenvalue weighted by atomic mass is 16.5. The third-order valence-electron chi connectivity index (χ3n) is 6.06. The summed E-state index contributed by atoms with van der Waals surface area (Å²) in [4.78, 5) is 11.7. The number of benzene rings is 1. The second-order valence-corrected chi connectivity index (χ2v) is 8.32. The average molecular weight is 402 g/mol. The van der Waals surface area contributed by atoms with Crippen molar-refractivity contribution in [2.24, 2.45) is 10.9 Å². The van der Waals surface area contributed by atoms with Crippen LogP contribution < -0.4 is 5.32 Å². The second-order valence-electron chi connectivity index (χ2n) is 8.32. The first kappa shape index (κ1) is 22.1. The van der Waals surface area contributed by atoms with E-state index >= 15 is 0 Å². The fourth-order valence-electron chi connectivity index (χ4n) is 3.79. The molecule has 0 spiro atoms. The minimum absolute atomic E-state index is 0.758. The largest absolute Gasteiger partial charge is 0.379 e. The summed E-state index contributed by atoms with van der Waals surface area (Å²) in [5.41, 5.74) is 2.76. The predicted molar refractivity (Wildman–Crippen MR) is 120 cm³/mol. The highest BCUT2D eigenvalue weighted by molar-refractivity contribution is 5.79. The summed E-state index contributed by atoms with van der Waals surface area (Å²) in [6, 6.07) is 8.78. The molecule has 1 aromatic carbocycles. The van der Waals surface area contributed by atoms with Gasteiger partial charge in [0.05, 0.1) is 6.61 Å². The van der Waals surface area contributed by atoms with Crippen LogP contribution in [0, 0.1) is 5.92 Å². The average Bonchev–Trinajstić information content (AvgIpc) is 3.58. The summed E-state index contributed by atoms with van der Waals surface area (Å²) in [7, 11) is 3.93. The second kappa shape index (κ2) is 11.5. The summed E-state index contributed by atoms with van der Waals surface area (Å²) in [6.45, 7) is 12.4. The van der Waals surface area contributed by atoms with Gasteiger partial charge in [-0.05, 0) is 36.4 Å². The van der Waals surface area contributed by atoms with E-state index in [2.05, 4.69) is 63.2 Å². The number of piperazine rings is 1. The van der Waals surface area contributed by atoms with Crippen LogP contribution in [0.3, 0.4) is 0 Å². The Morgan fingerprint density at radius 2 is 1.83 bits per heavy atom. The molecule has 2 fully saturated rings. The van der Waals surface area contributed by atoms with E-state index in [0.29, 0.717) is 0 Å². The van der Waals surface area contributed by atoms with Crippen LogP contribution in [-0.4, -0.2) is 87.2 Å². The molecule has 1 aliphatic carbocycles. The van der Waals surface area contributed by atoms with Crippen molar-refractivity contribution in [2.45, 2.75) is 32.9 Å². The Hall–Kier alpha value is -1.63. The number of ether oxygens (including phenoxy) is 1. The van der Waals surface area contributed by atoms with E-state index in [1.54, 1.807) is 0 Å². The fourth-order valence-corrected chi connectivity index (χ4v) is 3.79. The molecule has 29 heavy (non-hydrogen) atoms. The van der Waals surface area contributed by atoms with Crippen LogP contribution in [0.25, 0.3) is 0 Å². The molecule has 1 saturated heterocycles. The number of aliphatic imine (C=N–C) groups is 1. The highest BCUT2D eigenvalue weighted by Gasteiger charge is 2.21. The lowest BCUT2D eigenvalue weighted by atomic mass is 10.1. The minimum atomic E-state index is 0.758. The van der Waals surface area contributed by atoms with Gasteiger partial charge in [-0.3, -0.25) is 9.89 Å². The quantitative estimate of drug-likeness (QED) is 0.370. The number of hydrogen-bond acceptors (Lipinski definition) is 4. The topological polar surface area (TPSA) is 43.3 Å². The summed E-state index contributed by atoms with van der Waals surface area (Å²) in [5, 5.41) is 3.53. The van der Waals surface area contributed by atoms with E-state index in [1.165, 1.54) is 37.1 Å². The normalized spacial score (nSPS) is 18.8. The van der Waals surface area contributed by atoms with Gasteiger partial charge < -0.3 is 19.9 Å². The first-order valence-electron chi connectivity index (χ1n) is 11.2. The minimum Gasteiger partial charge on any atom is -0.379 e. The molecule has 6 heteroatoms. The lowest BCUT2D eigenvalue weighted by Crippen LogP contribution is -2.45. The first-order chi connectivity index (χ1) is 14.2. The maximum atomic E-state index is 5.77. The van der Waals surface area contributed by atoms with E-state index in [0.717, 1.165) is 64.4 Å². The number of nitrogens with one attached hydrogen (secondary N) is 1. The molecular formula is C23H39N5O. The van der Waals surface area contributed by atoms with Gasteiger partial charge in [0, 0.05) is 66.5 Å². The molecule has 0 unspecified atom stereocenters. The van der Waals surface area contributed by atoms with Crippen LogP contribution in [0.4, 0.5) is 0 Å². The van der Waals surface area contributed by atoms with E-state index < -0.39 is 0 Å². The molecule has 1 aliphatic heterocycles. The molecule has 1 heterocycles. The van der Waals surface area contributed by atoms with Gasteiger partial charge in [-0.1, -0.05) is 31.2 Å². The number of hydrogen-bond donors (Lipinski definition) is 1. The first-order valence-corrected chi connectivity index (χ1v) is 11.2. The van der Waals surface area contributed by atoms with Gasteiger partial charge in [0.15, 0.2) is 5.96 Å². The summed E-state index contributed by atoms with van der Waals surface area (Å²) >= 11 is 0. The Labute approximate surface area is 176 Å². The maximum Gasteiger partial charge on any atom is 0.193 e. The molecule has 0 radical (unpaired) electrons. The predicted octanol–water partition coefficient (Wildman–Crippen LogP) is 2.26.